The minimum Gasteiger partial charge on any atom is -0.462 e. The number of carbonyl (C=O) groups excluding carboxylic acids is 2. The standard InChI is InChI=1S/C24H29N3O5S2/c1-5-14-27(15-6-2)34(30,31)19-11-8-17(9-12-19)22(28)25-24-26(4)20-13-10-18(16-21(20)33-24)23(29)32-7-3/h8-13,16H,5-7,14-15H2,1-4H3. The minimum atomic E-state index is -3.61. The lowest BCUT2D eigenvalue weighted by Crippen LogP contribution is -2.32. The molecule has 0 spiro atoms. The maximum atomic E-state index is 12.9. The van der Waals surface area contributed by atoms with Gasteiger partial charge in [-0.25, -0.2) is 13.2 Å². The summed E-state index contributed by atoms with van der Waals surface area (Å²) < 4.78 is 34.9. The number of esters is 1. The molecule has 0 saturated heterocycles. The second-order valence-electron chi connectivity index (χ2n) is 7.69. The number of carbonyl (C=O) groups is 2. The van der Waals surface area contributed by atoms with E-state index in [-0.39, 0.29) is 4.90 Å². The molecule has 0 N–H and O–H groups in total. The molecule has 34 heavy (non-hydrogen) atoms. The summed E-state index contributed by atoms with van der Waals surface area (Å²) >= 11 is 1.28. The van der Waals surface area contributed by atoms with Crippen LogP contribution in [0.4, 0.5) is 0 Å². The molecule has 0 radical (unpaired) electrons. The third kappa shape index (κ3) is 5.45. The Kier molecular flexibility index (Phi) is 8.40. The van der Waals surface area contributed by atoms with E-state index >= 15 is 0 Å². The predicted molar refractivity (Wildman–Crippen MR) is 132 cm³/mol. The first-order valence-corrected chi connectivity index (χ1v) is 13.4. The normalized spacial score (nSPS) is 12.4. The number of fused-ring (bicyclic) bond motifs is 1. The van der Waals surface area contributed by atoms with Gasteiger partial charge in [0.15, 0.2) is 4.80 Å². The summed E-state index contributed by atoms with van der Waals surface area (Å²) in [6, 6.07) is 11.1. The second-order valence-corrected chi connectivity index (χ2v) is 10.6. The number of nitrogens with zero attached hydrogens (tertiary/aromatic N) is 3. The number of aromatic nitrogens is 1. The molecule has 0 bridgehead atoms. The van der Waals surface area contributed by atoms with Crippen molar-refractivity contribution < 1.29 is 22.7 Å². The van der Waals surface area contributed by atoms with Gasteiger partial charge in [-0.3, -0.25) is 4.79 Å². The van der Waals surface area contributed by atoms with Crippen molar-refractivity contribution in [2.45, 2.75) is 38.5 Å². The summed E-state index contributed by atoms with van der Waals surface area (Å²) in [6.07, 6.45) is 1.45. The number of hydrogen-bond acceptors (Lipinski definition) is 6. The van der Waals surface area contributed by atoms with Crippen LogP contribution in [-0.2, 0) is 21.8 Å². The average molecular weight is 504 g/mol. The summed E-state index contributed by atoms with van der Waals surface area (Å²) in [6.45, 7) is 6.82. The van der Waals surface area contributed by atoms with Crippen LogP contribution in [0.25, 0.3) is 10.2 Å². The van der Waals surface area contributed by atoms with Crippen LogP contribution in [0.1, 0.15) is 54.3 Å². The molecule has 0 aliphatic rings. The summed E-state index contributed by atoms with van der Waals surface area (Å²) in [7, 11) is -1.82. The number of aryl methyl sites for hydroxylation is 1. The maximum Gasteiger partial charge on any atom is 0.338 e. The summed E-state index contributed by atoms with van der Waals surface area (Å²) in [5, 5.41) is 0. The molecule has 3 rings (SSSR count). The van der Waals surface area contributed by atoms with Gasteiger partial charge in [-0.2, -0.15) is 9.30 Å². The Morgan fingerprint density at radius 1 is 1.00 bits per heavy atom. The molecule has 0 aliphatic carbocycles. The SMILES string of the molecule is CCCN(CCC)S(=O)(=O)c1ccc(C(=O)N=c2sc3cc(C(=O)OCC)ccc3n2C)cc1. The Balaban J connectivity index is 1.89. The monoisotopic (exact) mass is 503 g/mol. The van der Waals surface area contributed by atoms with Gasteiger partial charge in [0.05, 0.1) is 27.3 Å². The van der Waals surface area contributed by atoms with Gasteiger partial charge in [-0.15, -0.1) is 0 Å². The van der Waals surface area contributed by atoms with Crippen molar-refractivity contribution in [3.05, 3.63) is 58.4 Å². The highest BCUT2D eigenvalue weighted by molar-refractivity contribution is 7.89. The van der Waals surface area contributed by atoms with E-state index < -0.39 is 21.9 Å². The third-order valence-corrected chi connectivity index (χ3v) is 8.21. The minimum absolute atomic E-state index is 0.157. The lowest BCUT2D eigenvalue weighted by molar-refractivity contribution is 0.0526. The molecule has 0 atom stereocenters. The number of hydrogen-bond donors (Lipinski definition) is 0. The number of sulfonamides is 1. The second kappa shape index (κ2) is 11.1. The number of rotatable bonds is 9. The first-order valence-electron chi connectivity index (χ1n) is 11.2. The maximum absolute atomic E-state index is 12.9. The van der Waals surface area contributed by atoms with Crippen LogP contribution >= 0.6 is 11.3 Å². The van der Waals surface area contributed by atoms with Crippen LogP contribution in [0.15, 0.2) is 52.4 Å². The molecule has 182 valence electrons. The zero-order chi connectivity index (χ0) is 24.9. The van der Waals surface area contributed by atoms with Crippen LogP contribution in [0.5, 0.6) is 0 Å². The molecular weight excluding hydrogens is 474 g/mol. The molecule has 1 amide bonds. The molecular formula is C24H29N3O5S2. The molecule has 0 unspecified atom stereocenters. The van der Waals surface area contributed by atoms with Gasteiger partial charge in [-0.05, 0) is 62.2 Å². The molecule has 8 nitrogen and oxygen atoms in total. The van der Waals surface area contributed by atoms with Crippen LogP contribution in [0.2, 0.25) is 0 Å². The van der Waals surface area contributed by atoms with Crippen LogP contribution < -0.4 is 4.80 Å². The zero-order valence-corrected chi connectivity index (χ0v) is 21.4. The van der Waals surface area contributed by atoms with E-state index in [1.54, 1.807) is 36.7 Å². The summed E-state index contributed by atoms with van der Waals surface area (Å²) in [4.78, 5) is 29.7. The van der Waals surface area contributed by atoms with Crippen LogP contribution in [-0.4, -0.2) is 48.9 Å². The predicted octanol–water partition coefficient (Wildman–Crippen LogP) is 3.97. The van der Waals surface area contributed by atoms with Crippen molar-refractivity contribution in [1.29, 1.82) is 0 Å². The van der Waals surface area contributed by atoms with Crippen molar-refractivity contribution in [2.24, 2.45) is 12.0 Å². The lowest BCUT2D eigenvalue weighted by Gasteiger charge is -2.21. The van der Waals surface area contributed by atoms with Crippen molar-refractivity contribution in [2.75, 3.05) is 19.7 Å². The highest BCUT2D eigenvalue weighted by Gasteiger charge is 2.23. The number of thiazole rings is 1. The molecule has 3 aromatic rings. The fourth-order valence-electron chi connectivity index (χ4n) is 3.50. The van der Waals surface area contributed by atoms with E-state index in [9.17, 15) is 18.0 Å². The van der Waals surface area contributed by atoms with Crippen molar-refractivity contribution in [3.8, 4) is 0 Å². The third-order valence-electron chi connectivity index (χ3n) is 5.20. The van der Waals surface area contributed by atoms with Gasteiger partial charge >= 0.3 is 5.97 Å². The lowest BCUT2D eigenvalue weighted by atomic mass is 10.2. The van der Waals surface area contributed by atoms with Crippen LogP contribution in [0.3, 0.4) is 0 Å². The van der Waals surface area contributed by atoms with Gasteiger partial charge < -0.3 is 9.30 Å². The molecule has 1 heterocycles. The molecule has 2 aromatic carbocycles. The van der Waals surface area contributed by atoms with Crippen molar-refractivity contribution >= 4 is 43.5 Å². The molecule has 1 aromatic heterocycles. The fraction of sp³-hybridized carbons (Fsp3) is 0.375. The summed E-state index contributed by atoms with van der Waals surface area (Å²) in [5.41, 5.74) is 1.56. The first-order chi connectivity index (χ1) is 16.2. The Hall–Kier alpha value is -2.82. The van der Waals surface area contributed by atoms with Crippen molar-refractivity contribution in [1.82, 2.24) is 8.87 Å². The average Bonchev–Trinajstić information content (AvgIpc) is 3.13. The number of ether oxygens (including phenoxy) is 1. The quantitative estimate of drug-likeness (QED) is 0.412. The molecule has 0 saturated carbocycles. The molecule has 0 aliphatic heterocycles. The highest BCUT2D eigenvalue weighted by atomic mass is 32.2. The van der Waals surface area contributed by atoms with E-state index in [0.717, 1.165) is 23.1 Å². The Morgan fingerprint density at radius 3 is 2.21 bits per heavy atom. The van der Waals surface area contributed by atoms with Gasteiger partial charge in [0.25, 0.3) is 5.91 Å². The Bertz CT molecular complexity index is 1350. The topological polar surface area (TPSA) is 98.0 Å². The van der Waals surface area contributed by atoms with E-state index in [0.29, 0.717) is 35.6 Å². The van der Waals surface area contributed by atoms with Gasteiger partial charge in [0, 0.05) is 25.7 Å². The smallest absolute Gasteiger partial charge is 0.338 e. The number of benzene rings is 2. The van der Waals surface area contributed by atoms with Gasteiger partial charge in [0.1, 0.15) is 0 Å². The van der Waals surface area contributed by atoms with E-state index in [1.807, 2.05) is 13.8 Å². The first kappa shape index (κ1) is 25.8. The zero-order valence-electron chi connectivity index (χ0n) is 19.8. The van der Waals surface area contributed by atoms with E-state index in [4.69, 9.17) is 4.74 Å². The largest absolute Gasteiger partial charge is 0.462 e. The van der Waals surface area contributed by atoms with E-state index in [1.165, 1.54) is 39.9 Å². The summed E-state index contributed by atoms with van der Waals surface area (Å²) in [5.74, 6) is -0.878. The number of amides is 1. The van der Waals surface area contributed by atoms with Gasteiger partial charge in [0.2, 0.25) is 10.0 Å². The molecule has 10 heteroatoms. The van der Waals surface area contributed by atoms with Crippen LogP contribution in [0, 0.1) is 0 Å². The molecule has 0 fully saturated rings. The Labute approximate surface area is 203 Å². The van der Waals surface area contributed by atoms with Crippen molar-refractivity contribution in [3.63, 3.8) is 0 Å². The van der Waals surface area contributed by atoms with Gasteiger partial charge in [-0.1, -0.05) is 25.2 Å². The highest BCUT2D eigenvalue weighted by Crippen LogP contribution is 2.20. The van der Waals surface area contributed by atoms with E-state index in [2.05, 4.69) is 4.99 Å². The Morgan fingerprint density at radius 2 is 1.62 bits per heavy atom. The fourth-order valence-corrected chi connectivity index (χ4v) is 6.18.